The van der Waals surface area contributed by atoms with Crippen molar-refractivity contribution in [3.63, 3.8) is 0 Å². The monoisotopic (exact) mass is 235 g/mol. The van der Waals surface area contributed by atoms with E-state index in [2.05, 4.69) is 0 Å². The smallest absolute Gasteiger partial charge is 0.214 e. The number of hydrogen-bond donors (Lipinski definition) is 1. The number of piperidine rings is 1. The number of hydrogen-bond acceptors (Lipinski definition) is 3. The Kier molecular flexibility index (Phi) is 4.14. The zero-order valence-electron chi connectivity index (χ0n) is 9.57. The van der Waals surface area contributed by atoms with Crippen LogP contribution in [0.2, 0.25) is 0 Å². The first-order valence-electron chi connectivity index (χ1n) is 5.46. The molecule has 90 valence electrons. The van der Waals surface area contributed by atoms with Crippen LogP contribution in [-0.4, -0.2) is 43.3 Å². The summed E-state index contributed by atoms with van der Waals surface area (Å²) in [4.78, 5) is 0. The molecule has 0 radical (unpaired) electrons. The van der Waals surface area contributed by atoms with Crippen molar-refractivity contribution >= 4 is 10.0 Å². The van der Waals surface area contributed by atoms with E-state index in [1.165, 1.54) is 0 Å². The van der Waals surface area contributed by atoms with E-state index in [-0.39, 0.29) is 12.4 Å². The molecule has 1 aliphatic rings. The number of rotatable bonds is 4. The van der Waals surface area contributed by atoms with E-state index in [1.807, 2.05) is 0 Å². The van der Waals surface area contributed by atoms with Gasteiger partial charge in [0.2, 0.25) is 10.0 Å². The Balaban J connectivity index is 2.65. The van der Waals surface area contributed by atoms with Crippen molar-refractivity contribution in [2.24, 2.45) is 5.41 Å². The fraction of sp³-hybridized carbons (Fsp3) is 1.00. The Bertz CT molecular complexity index is 292. The van der Waals surface area contributed by atoms with Crippen molar-refractivity contribution < 1.29 is 13.5 Å². The van der Waals surface area contributed by atoms with Crippen LogP contribution >= 0.6 is 0 Å². The van der Waals surface area contributed by atoms with E-state index in [9.17, 15) is 8.42 Å². The third-order valence-corrected chi connectivity index (χ3v) is 5.01. The summed E-state index contributed by atoms with van der Waals surface area (Å²) < 4.78 is 25.5. The normalized spacial score (nSPS) is 20.5. The molecule has 0 amide bonds. The van der Waals surface area contributed by atoms with Crippen molar-refractivity contribution in [2.45, 2.75) is 33.1 Å². The minimum absolute atomic E-state index is 0.0382. The van der Waals surface area contributed by atoms with Crippen LogP contribution in [0.15, 0.2) is 0 Å². The maximum absolute atomic E-state index is 12.0. The molecule has 0 aromatic carbocycles. The van der Waals surface area contributed by atoms with Gasteiger partial charge in [-0.3, -0.25) is 0 Å². The van der Waals surface area contributed by atoms with Crippen LogP contribution in [0, 0.1) is 5.41 Å². The van der Waals surface area contributed by atoms with E-state index in [0.717, 1.165) is 19.3 Å². The van der Waals surface area contributed by atoms with E-state index in [4.69, 9.17) is 5.11 Å². The third-order valence-electron chi connectivity index (χ3n) is 2.71. The molecule has 5 heteroatoms. The van der Waals surface area contributed by atoms with Crippen molar-refractivity contribution in [1.82, 2.24) is 4.31 Å². The summed E-state index contributed by atoms with van der Waals surface area (Å²) >= 11 is 0. The number of sulfonamides is 1. The van der Waals surface area contributed by atoms with Gasteiger partial charge in [0.1, 0.15) is 0 Å². The highest BCUT2D eigenvalue weighted by molar-refractivity contribution is 7.89. The molecule has 0 unspecified atom stereocenters. The van der Waals surface area contributed by atoms with E-state index in [0.29, 0.717) is 13.1 Å². The fourth-order valence-corrected chi connectivity index (χ4v) is 3.85. The van der Waals surface area contributed by atoms with Gasteiger partial charge >= 0.3 is 0 Å². The second kappa shape index (κ2) is 4.80. The molecule has 0 bridgehead atoms. The van der Waals surface area contributed by atoms with Crippen LogP contribution in [-0.2, 0) is 10.0 Å². The van der Waals surface area contributed by atoms with Gasteiger partial charge in [0.05, 0.1) is 5.75 Å². The maximum atomic E-state index is 12.0. The minimum atomic E-state index is -3.18. The highest BCUT2D eigenvalue weighted by Crippen LogP contribution is 2.21. The Hall–Kier alpha value is -0.130. The Morgan fingerprint density at radius 2 is 1.73 bits per heavy atom. The van der Waals surface area contributed by atoms with Crippen molar-refractivity contribution in [3.8, 4) is 0 Å². The van der Waals surface area contributed by atoms with Gasteiger partial charge in [-0.1, -0.05) is 20.3 Å². The zero-order valence-corrected chi connectivity index (χ0v) is 10.4. The van der Waals surface area contributed by atoms with Gasteiger partial charge in [-0.2, -0.15) is 0 Å². The third kappa shape index (κ3) is 3.74. The number of nitrogens with zero attached hydrogens (tertiary/aromatic N) is 1. The van der Waals surface area contributed by atoms with Crippen LogP contribution in [0.25, 0.3) is 0 Å². The topological polar surface area (TPSA) is 57.6 Å². The van der Waals surface area contributed by atoms with Gasteiger partial charge in [-0.25, -0.2) is 12.7 Å². The van der Waals surface area contributed by atoms with Gasteiger partial charge in [-0.15, -0.1) is 0 Å². The lowest BCUT2D eigenvalue weighted by Crippen LogP contribution is -2.41. The lowest BCUT2D eigenvalue weighted by molar-refractivity contribution is 0.176. The molecule has 4 nitrogen and oxygen atoms in total. The minimum Gasteiger partial charge on any atom is -0.396 e. The first-order chi connectivity index (χ1) is 6.87. The second-order valence-electron chi connectivity index (χ2n) is 5.04. The van der Waals surface area contributed by atoms with Crippen LogP contribution in [0.4, 0.5) is 0 Å². The Morgan fingerprint density at radius 3 is 2.20 bits per heavy atom. The molecule has 0 atom stereocenters. The molecule has 1 fully saturated rings. The van der Waals surface area contributed by atoms with Gasteiger partial charge < -0.3 is 5.11 Å². The lowest BCUT2D eigenvalue weighted by atomic mass is 9.98. The molecular formula is C10H21NO3S. The molecule has 15 heavy (non-hydrogen) atoms. The molecule has 1 heterocycles. The summed E-state index contributed by atoms with van der Waals surface area (Å²) in [6.45, 7) is 4.73. The average Bonchev–Trinajstić information content (AvgIpc) is 2.18. The van der Waals surface area contributed by atoms with Crippen LogP contribution < -0.4 is 0 Å². The Labute approximate surface area is 92.3 Å². The van der Waals surface area contributed by atoms with Crippen molar-refractivity contribution in [1.29, 1.82) is 0 Å². The maximum Gasteiger partial charge on any atom is 0.214 e. The van der Waals surface area contributed by atoms with E-state index >= 15 is 0 Å². The summed E-state index contributed by atoms with van der Waals surface area (Å²) in [7, 11) is -3.18. The molecular weight excluding hydrogens is 214 g/mol. The largest absolute Gasteiger partial charge is 0.396 e. The highest BCUT2D eigenvalue weighted by atomic mass is 32.2. The quantitative estimate of drug-likeness (QED) is 0.785. The van der Waals surface area contributed by atoms with Gasteiger partial charge in [0.15, 0.2) is 0 Å². The van der Waals surface area contributed by atoms with Crippen molar-refractivity contribution in [2.75, 3.05) is 25.4 Å². The molecule has 0 aliphatic carbocycles. The standard InChI is InChI=1S/C10H21NO3S/c1-10(2,8-12)9-15(13,14)11-6-4-3-5-7-11/h12H,3-9H2,1-2H3. The molecule has 0 spiro atoms. The fourth-order valence-electron chi connectivity index (χ4n) is 1.77. The molecule has 1 aliphatic heterocycles. The average molecular weight is 235 g/mol. The summed E-state index contributed by atoms with van der Waals surface area (Å²) in [5.41, 5.74) is -0.545. The molecule has 1 rings (SSSR count). The molecule has 0 aromatic rings. The first kappa shape index (κ1) is 12.9. The summed E-state index contributed by atoms with van der Waals surface area (Å²) in [5, 5.41) is 9.07. The summed E-state index contributed by atoms with van der Waals surface area (Å²) in [5.74, 6) is 0.0382. The Morgan fingerprint density at radius 1 is 1.20 bits per heavy atom. The van der Waals surface area contributed by atoms with Crippen LogP contribution in [0.1, 0.15) is 33.1 Å². The lowest BCUT2D eigenvalue weighted by Gasteiger charge is -2.30. The molecule has 1 N–H and O–H groups in total. The molecule has 0 aromatic heterocycles. The van der Waals surface area contributed by atoms with E-state index < -0.39 is 15.4 Å². The summed E-state index contributed by atoms with van der Waals surface area (Å²) in [6, 6.07) is 0. The van der Waals surface area contributed by atoms with E-state index in [1.54, 1.807) is 18.2 Å². The van der Waals surface area contributed by atoms with Crippen LogP contribution in [0.5, 0.6) is 0 Å². The second-order valence-corrected chi connectivity index (χ2v) is 7.01. The predicted molar refractivity (Wildman–Crippen MR) is 60.1 cm³/mol. The van der Waals surface area contributed by atoms with Crippen LogP contribution in [0.3, 0.4) is 0 Å². The van der Waals surface area contributed by atoms with Gasteiger partial charge in [0.25, 0.3) is 0 Å². The molecule has 0 saturated carbocycles. The number of aliphatic hydroxyl groups excluding tert-OH is 1. The SMILES string of the molecule is CC(C)(CO)CS(=O)(=O)N1CCCCC1. The summed E-state index contributed by atoms with van der Waals surface area (Å²) in [6.07, 6.45) is 3.03. The zero-order chi connectivity index (χ0) is 11.5. The first-order valence-corrected chi connectivity index (χ1v) is 7.07. The van der Waals surface area contributed by atoms with Gasteiger partial charge in [-0.05, 0) is 12.8 Å². The number of aliphatic hydroxyl groups is 1. The van der Waals surface area contributed by atoms with Gasteiger partial charge in [0, 0.05) is 25.1 Å². The predicted octanol–water partition coefficient (Wildman–Crippen LogP) is 0.821. The van der Waals surface area contributed by atoms with Crippen molar-refractivity contribution in [3.05, 3.63) is 0 Å². The molecule has 1 saturated heterocycles. The highest BCUT2D eigenvalue weighted by Gasteiger charge is 2.31.